The highest BCUT2D eigenvalue weighted by Gasteiger charge is 2.11. The standard InChI is InChI=1S/C12H18O2/c1-4-9-6-7-12(14-3)10(8-9)11(13)5-2/h6-8,11,13H,4-5H2,1-3H3. The lowest BCUT2D eigenvalue weighted by atomic mass is 10.0. The molecule has 0 saturated carbocycles. The van der Waals surface area contributed by atoms with Crippen molar-refractivity contribution in [1.82, 2.24) is 0 Å². The Morgan fingerprint density at radius 1 is 1.36 bits per heavy atom. The van der Waals surface area contributed by atoms with Gasteiger partial charge in [0.05, 0.1) is 13.2 Å². The number of methoxy groups -OCH3 is 1. The van der Waals surface area contributed by atoms with Crippen molar-refractivity contribution in [1.29, 1.82) is 0 Å². The molecule has 2 nitrogen and oxygen atoms in total. The minimum Gasteiger partial charge on any atom is -0.496 e. The molecular weight excluding hydrogens is 176 g/mol. The number of aliphatic hydroxyl groups excluding tert-OH is 1. The summed E-state index contributed by atoms with van der Waals surface area (Å²) < 4.78 is 5.21. The predicted octanol–water partition coefficient (Wildman–Crippen LogP) is 2.70. The van der Waals surface area contributed by atoms with Crippen molar-refractivity contribution in [2.75, 3.05) is 7.11 Å². The van der Waals surface area contributed by atoms with Crippen LogP contribution in [0.4, 0.5) is 0 Å². The summed E-state index contributed by atoms with van der Waals surface area (Å²) in [5.74, 6) is 0.775. The van der Waals surface area contributed by atoms with Crippen molar-refractivity contribution in [3.05, 3.63) is 29.3 Å². The quantitative estimate of drug-likeness (QED) is 0.798. The Hall–Kier alpha value is -1.02. The van der Waals surface area contributed by atoms with Gasteiger partial charge in [0.15, 0.2) is 0 Å². The summed E-state index contributed by atoms with van der Waals surface area (Å²) in [7, 11) is 1.63. The Kier molecular flexibility index (Phi) is 3.96. The van der Waals surface area contributed by atoms with Crippen LogP contribution in [0.15, 0.2) is 18.2 Å². The molecule has 1 unspecified atom stereocenters. The zero-order valence-corrected chi connectivity index (χ0v) is 9.08. The average molecular weight is 194 g/mol. The summed E-state index contributed by atoms with van der Waals surface area (Å²) in [6.07, 6.45) is 1.27. The number of hydrogen-bond acceptors (Lipinski definition) is 2. The monoisotopic (exact) mass is 194 g/mol. The highest BCUT2D eigenvalue weighted by Crippen LogP contribution is 2.28. The SMILES string of the molecule is CCc1ccc(OC)c(C(O)CC)c1. The van der Waals surface area contributed by atoms with Crippen LogP contribution in [0.25, 0.3) is 0 Å². The maximum Gasteiger partial charge on any atom is 0.124 e. The Balaban J connectivity index is 3.08. The van der Waals surface area contributed by atoms with Crippen molar-refractivity contribution in [3.63, 3.8) is 0 Å². The van der Waals surface area contributed by atoms with Crippen molar-refractivity contribution < 1.29 is 9.84 Å². The molecule has 78 valence electrons. The summed E-state index contributed by atoms with van der Waals surface area (Å²) in [6, 6.07) is 5.98. The lowest BCUT2D eigenvalue weighted by molar-refractivity contribution is 0.169. The van der Waals surface area contributed by atoms with Gasteiger partial charge < -0.3 is 9.84 Å². The van der Waals surface area contributed by atoms with E-state index in [0.717, 1.165) is 17.7 Å². The Morgan fingerprint density at radius 3 is 2.57 bits per heavy atom. The van der Waals surface area contributed by atoms with Crippen molar-refractivity contribution >= 4 is 0 Å². The van der Waals surface area contributed by atoms with Crippen LogP contribution in [-0.4, -0.2) is 12.2 Å². The first kappa shape index (κ1) is 11.1. The molecular formula is C12H18O2. The fourth-order valence-electron chi connectivity index (χ4n) is 1.48. The van der Waals surface area contributed by atoms with E-state index in [1.807, 2.05) is 25.1 Å². The molecule has 1 rings (SSSR count). The maximum absolute atomic E-state index is 9.78. The third-order valence-corrected chi connectivity index (χ3v) is 2.45. The summed E-state index contributed by atoms with van der Waals surface area (Å²) in [5, 5.41) is 9.78. The first-order valence-corrected chi connectivity index (χ1v) is 5.07. The van der Waals surface area contributed by atoms with E-state index in [2.05, 4.69) is 6.92 Å². The second-order valence-corrected chi connectivity index (χ2v) is 3.35. The molecule has 0 aliphatic carbocycles. The van der Waals surface area contributed by atoms with E-state index < -0.39 is 6.10 Å². The Bertz CT molecular complexity index is 294. The zero-order chi connectivity index (χ0) is 10.6. The van der Waals surface area contributed by atoms with Crippen LogP contribution >= 0.6 is 0 Å². The molecule has 1 aromatic carbocycles. The summed E-state index contributed by atoms with van der Waals surface area (Å²) in [4.78, 5) is 0. The van der Waals surface area contributed by atoms with Gasteiger partial charge in [0.25, 0.3) is 0 Å². The second kappa shape index (κ2) is 5.01. The highest BCUT2D eigenvalue weighted by atomic mass is 16.5. The molecule has 0 fully saturated rings. The van der Waals surface area contributed by atoms with Gasteiger partial charge in [0.2, 0.25) is 0 Å². The van der Waals surface area contributed by atoms with Gasteiger partial charge in [-0.25, -0.2) is 0 Å². The van der Waals surface area contributed by atoms with Gasteiger partial charge in [0.1, 0.15) is 5.75 Å². The number of ether oxygens (including phenoxy) is 1. The molecule has 1 atom stereocenters. The van der Waals surface area contributed by atoms with E-state index in [1.165, 1.54) is 5.56 Å². The first-order chi connectivity index (χ1) is 6.72. The number of benzene rings is 1. The van der Waals surface area contributed by atoms with Gasteiger partial charge in [-0.05, 0) is 30.5 Å². The average Bonchev–Trinajstić information content (AvgIpc) is 2.27. The van der Waals surface area contributed by atoms with Crippen LogP contribution in [0, 0.1) is 0 Å². The topological polar surface area (TPSA) is 29.5 Å². The van der Waals surface area contributed by atoms with Crippen molar-refractivity contribution in [2.24, 2.45) is 0 Å². The van der Waals surface area contributed by atoms with Crippen LogP contribution in [0.2, 0.25) is 0 Å². The fourth-order valence-corrected chi connectivity index (χ4v) is 1.48. The van der Waals surface area contributed by atoms with E-state index in [-0.39, 0.29) is 0 Å². The van der Waals surface area contributed by atoms with Gasteiger partial charge in [-0.15, -0.1) is 0 Å². The molecule has 2 heteroatoms. The summed E-state index contributed by atoms with van der Waals surface area (Å²) >= 11 is 0. The number of aryl methyl sites for hydroxylation is 1. The third-order valence-electron chi connectivity index (χ3n) is 2.45. The molecule has 0 saturated heterocycles. The minimum atomic E-state index is -0.420. The normalized spacial score (nSPS) is 12.6. The van der Waals surface area contributed by atoms with Gasteiger partial charge in [-0.3, -0.25) is 0 Å². The van der Waals surface area contributed by atoms with Crippen LogP contribution < -0.4 is 4.74 Å². The number of rotatable bonds is 4. The zero-order valence-electron chi connectivity index (χ0n) is 9.08. The molecule has 0 bridgehead atoms. The molecule has 1 N–H and O–H groups in total. The van der Waals surface area contributed by atoms with Gasteiger partial charge in [0, 0.05) is 5.56 Å². The highest BCUT2D eigenvalue weighted by molar-refractivity contribution is 5.38. The van der Waals surface area contributed by atoms with E-state index in [9.17, 15) is 5.11 Å². The van der Waals surface area contributed by atoms with Crippen LogP contribution in [0.3, 0.4) is 0 Å². The van der Waals surface area contributed by atoms with Crippen LogP contribution in [0.5, 0.6) is 5.75 Å². The van der Waals surface area contributed by atoms with Gasteiger partial charge in [-0.2, -0.15) is 0 Å². The number of aliphatic hydroxyl groups is 1. The van der Waals surface area contributed by atoms with E-state index in [4.69, 9.17) is 4.74 Å². The molecule has 14 heavy (non-hydrogen) atoms. The largest absolute Gasteiger partial charge is 0.496 e. The van der Waals surface area contributed by atoms with E-state index in [1.54, 1.807) is 7.11 Å². The maximum atomic E-state index is 9.78. The number of hydrogen-bond donors (Lipinski definition) is 1. The van der Waals surface area contributed by atoms with Crippen LogP contribution in [0.1, 0.15) is 37.5 Å². The van der Waals surface area contributed by atoms with Crippen molar-refractivity contribution in [2.45, 2.75) is 32.8 Å². The lowest BCUT2D eigenvalue weighted by Crippen LogP contribution is -2.00. The van der Waals surface area contributed by atoms with E-state index in [0.29, 0.717) is 6.42 Å². The predicted molar refractivity (Wildman–Crippen MR) is 57.6 cm³/mol. The Labute approximate surface area is 85.5 Å². The Morgan fingerprint density at radius 2 is 2.07 bits per heavy atom. The van der Waals surface area contributed by atoms with Crippen molar-refractivity contribution in [3.8, 4) is 5.75 Å². The third kappa shape index (κ3) is 2.26. The second-order valence-electron chi connectivity index (χ2n) is 3.35. The van der Waals surface area contributed by atoms with Gasteiger partial charge >= 0.3 is 0 Å². The molecule has 0 amide bonds. The fraction of sp³-hybridized carbons (Fsp3) is 0.500. The first-order valence-electron chi connectivity index (χ1n) is 5.07. The smallest absolute Gasteiger partial charge is 0.124 e. The van der Waals surface area contributed by atoms with Gasteiger partial charge in [-0.1, -0.05) is 19.9 Å². The minimum absolute atomic E-state index is 0.420. The summed E-state index contributed by atoms with van der Waals surface area (Å²) in [6.45, 7) is 4.06. The molecule has 0 aliphatic heterocycles. The molecule has 0 aromatic heterocycles. The molecule has 0 aliphatic rings. The van der Waals surface area contributed by atoms with Crippen LogP contribution in [-0.2, 0) is 6.42 Å². The molecule has 0 spiro atoms. The molecule has 0 heterocycles. The van der Waals surface area contributed by atoms with E-state index >= 15 is 0 Å². The molecule has 0 radical (unpaired) electrons. The lowest BCUT2D eigenvalue weighted by Gasteiger charge is -2.14. The molecule has 1 aromatic rings. The summed E-state index contributed by atoms with van der Waals surface area (Å²) in [5.41, 5.74) is 2.13.